The number of barbiturate groups is 1. The third-order valence-electron chi connectivity index (χ3n) is 6.48. The Morgan fingerprint density at radius 3 is 2.03 bits per heavy atom. The highest BCUT2D eigenvalue weighted by molar-refractivity contribution is 7.92. The van der Waals surface area contributed by atoms with Crippen LogP contribution < -0.4 is 10.6 Å². The minimum atomic E-state index is -4.24. The van der Waals surface area contributed by atoms with E-state index in [4.69, 9.17) is 16.3 Å². The largest absolute Gasteiger partial charge is 0.468 e. The number of methoxy groups -OCH3 is 1. The molecule has 2 saturated heterocycles. The summed E-state index contributed by atoms with van der Waals surface area (Å²) in [5.41, 5.74) is -0.664. The summed E-state index contributed by atoms with van der Waals surface area (Å²) in [5.74, 6) is -6.48. The molecule has 2 aliphatic heterocycles. The number of sulfone groups is 1. The van der Waals surface area contributed by atoms with Gasteiger partial charge in [-0.3, -0.25) is 25.0 Å². The van der Waals surface area contributed by atoms with Crippen LogP contribution in [0.3, 0.4) is 0 Å². The van der Waals surface area contributed by atoms with Crippen molar-refractivity contribution in [1.82, 2.24) is 10.6 Å². The Morgan fingerprint density at radius 2 is 1.50 bits per heavy atom. The predicted molar refractivity (Wildman–Crippen MR) is 122 cm³/mol. The first-order valence-corrected chi connectivity index (χ1v) is 12.4. The Labute approximate surface area is 200 Å². The lowest BCUT2D eigenvalue weighted by Gasteiger charge is -2.50. The van der Waals surface area contributed by atoms with Crippen LogP contribution >= 0.6 is 11.6 Å². The van der Waals surface area contributed by atoms with E-state index in [0.29, 0.717) is 10.6 Å². The van der Waals surface area contributed by atoms with Gasteiger partial charge in [-0.15, -0.1) is 0 Å². The van der Waals surface area contributed by atoms with Gasteiger partial charge in [-0.25, -0.2) is 13.2 Å². The number of urea groups is 1. The smallest absolute Gasteiger partial charge is 0.328 e. The number of rotatable bonds is 3. The summed E-state index contributed by atoms with van der Waals surface area (Å²) in [7, 11) is -3.21. The molecular formula is C23H21ClN2O7S. The van der Waals surface area contributed by atoms with Gasteiger partial charge in [0.05, 0.1) is 12.9 Å². The molecule has 0 unspecified atom stereocenters. The number of benzene rings is 2. The molecule has 2 heterocycles. The van der Waals surface area contributed by atoms with E-state index >= 15 is 0 Å². The highest BCUT2D eigenvalue weighted by atomic mass is 35.5. The molecule has 2 aromatic carbocycles. The maximum Gasteiger partial charge on any atom is 0.328 e. The van der Waals surface area contributed by atoms with Crippen molar-refractivity contribution in [2.75, 3.05) is 12.9 Å². The minimum absolute atomic E-state index is 0.208. The van der Waals surface area contributed by atoms with Crippen molar-refractivity contribution in [3.63, 3.8) is 0 Å². The zero-order valence-electron chi connectivity index (χ0n) is 18.2. The number of aryl methyl sites for hydroxylation is 1. The maximum absolute atomic E-state index is 13.6. The standard InChI is InChI=1S/C23H21ClN2O7S/c1-12-3-5-13(6-4-12)16-11-34(31,32)18(19(27)33-2)17(14-7-9-15(24)10-8-14)23(16)20(28)25-22(30)26-21(23)29/h3-10,16-18H,11H2,1-2H3,(H2,25,26,28,29,30)/t16-,17-,18+/m0/s1. The lowest BCUT2D eigenvalue weighted by molar-refractivity contribution is -0.150. The average Bonchev–Trinajstić information content (AvgIpc) is 2.77. The van der Waals surface area contributed by atoms with E-state index in [1.807, 2.05) is 6.92 Å². The number of halogens is 1. The number of ether oxygens (including phenoxy) is 1. The third-order valence-corrected chi connectivity index (χ3v) is 8.77. The summed E-state index contributed by atoms with van der Waals surface area (Å²) < 4.78 is 31.9. The van der Waals surface area contributed by atoms with Gasteiger partial charge < -0.3 is 4.74 Å². The second-order valence-electron chi connectivity index (χ2n) is 8.37. The molecule has 4 amide bonds. The molecule has 1 spiro atoms. The Morgan fingerprint density at radius 1 is 0.971 bits per heavy atom. The predicted octanol–water partition coefficient (Wildman–Crippen LogP) is 1.84. The number of carbonyl (C=O) groups is 4. The molecule has 3 atom stereocenters. The molecule has 11 heteroatoms. The minimum Gasteiger partial charge on any atom is -0.468 e. The SMILES string of the molecule is COC(=O)[C@H]1[C@H](c2ccc(Cl)cc2)C2(C(=O)NC(=O)NC2=O)[C@H](c2ccc(C)cc2)CS1(=O)=O. The number of hydrogen-bond acceptors (Lipinski definition) is 7. The van der Waals surface area contributed by atoms with Crippen molar-refractivity contribution in [1.29, 1.82) is 0 Å². The van der Waals surface area contributed by atoms with Gasteiger partial charge in [-0.2, -0.15) is 0 Å². The van der Waals surface area contributed by atoms with Gasteiger partial charge in [0.1, 0.15) is 5.41 Å². The topological polar surface area (TPSA) is 136 Å². The molecule has 0 saturated carbocycles. The van der Waals surface area contributed by atoms with Gasteiger partial charge in [0.15, 0.2) is 15.1 Å². The van der Waals surface area contributed by atoms with Gasteiger partial charge in [-0.1, -0.05) is 53.6 Å². The molecule has 9 nitrogen and oxygen atoms in total. The maximum atomic E-state index is 13.6. The monoisotopic (exact) mass is 504 g/mol. The molecule has 0 radical (unpaired) electrons. The Kier molecular flexibility index (Phi) is 5.99. The molecule has 2 N–H and O–H groups in total. The highest BCUT2D eigenvalue weighted by Crippen LogP contribution is 2.56. The summed E-state index contributed by atoms with van der Waals surface area (Å²) in [4.78, 5) is 52.1. The van der Waals surface area contributed by atoms with Crippen molar-refractivity contribution in [2.45, 2.75) is 24.0 Å². The fourth-order valence-electron chi connectivity index (χ4n) is 4.94. The normalized spacial score (nSPS) is 25.4. The van der Waals surface area contributed by atoms with E-state index in [-0.39, 0.29) is 5.56 Å². The first-order chi connectivity index (χ1) is 16.0. The molecule has 2 aliphatic rings. The van der Waals surface area contributed by atoms with E-state index in [1.165, 1.54) is 24.3 Å². The number of esters is 1. The van der Waals surface area contributed by atoms with Gasteiger partial charge in [-0.05, 0) is 30.2 Å². The van der Waals surface area contributed by atoms with Crippen LogP contribution in [0.5, 0.6) is 0 Å². The van der Waals surface area contributed by atoms with Crippen LogP contribution in [0.25, 0.3) is 0 Å². The number of nitrogens with one attached hydrogen (secondary N) is 2. The molecule has 2 fully saturated rings. The van der Waals surface area contributed by atoms with E-state index < -0.39 is 61.9 Å². The molecule has 4 rings (SSSR count). The van der Waals surface area contributed by atoms with Crippen molar-refractivity contribution in [3.8, 4) is 0 Å². The van der Waals surface area contributed by atoms with Crippen molar-refractivity contribution >= 4 is 45.3 Å². The molecule has 34 heavy (non-hydrogen) atoms. The molecule has 178 valence electrons. The summed E-state index contributed by atoms with van der Waals surface area (Å²) >= 11 is 6.01. The van der Waals surface area contributed by atoms with Crippen LogP contribution in [-0.2, 0) is 29.0 Å². The second-order valence-corrected chi connectivity index (χ2v) is 11.0. The molecule has 2 aromatic rings. The summed E-state index contributed by atoms with van der Waals surface area (Å²) in [5, 5.41) is 2.69. The van der Waals surface area contributed by atoms with Crippen LogP contribution in [-0.4, -0.2) is 50.3 Å². The number of carbonyl (C=O) groups excluding carboxylic acids is 4. The van der Waals surface area contributed by atoms with E-state index in [0.717, 1.165) is 12.7 Å². The van der Waals surface area contributed by atoms with Crippen LogP contribution in [0.15, 0.2) is 48.5 Å². The fraction of sp³-hybridized carbons (Fsp3) is 0.304. The van der Waals surface area contributed by atoms with Crippen LogP contribution in [0.1, 0.15) is 28.5 Å². The molecular weight excluding hydrogens is 484 g/mol. The quantitative estimate of drug-likeness (QED) is 0.480. The first-order valence-electron chi connectivity index (χ1n) is 10.3. The zero-order valence-corrected chi connectivity index (χ0v) is 19.8. The summed E-state index contributed by atoms with van der Waals surface area (Å²) in [6.45, 7) is 1.83. The molecule has 0 bridgehead atoms. The Hall–Kier alpha value is -3.24. The molecule has 0 aliphatic carbocycles. The van der Waals surface area contributed by atoms with Crippen LogP contribution in [0.4, 0.5) is 4.79 Å². The highest BCUT2D eigenvalue weighted by Gasteiger charge is 2.69. The van der Waals surface area contributed by atoms with Gasteiger partial charge in [0.2, 0.25) is 11.8 Å². The van der Waals surface area contributed by atoms with Crippen molar-refractivity contribution < 1.29 is 32.3 Å². The number of amides is 4. The van der Waals surface area contributed by atoms with Crippen LogP contribution in [0.2, 0.25) is 5.02 Å². The van der Waals surface area contributed by atoms with Gasteiger partial charge in [0.25, 0.3) is 0 Å². The van der Waals surface area contributed by atoms with Crippen LogP contribution in [0, 0.1) is 12.3 Å². The zero-order chi connectivity index (χ0) is 24.8. The lowest BCUT2D eigenvalue weighted by Crippen LogP contribution is -2.71. The van der Waals surface area contributed by atoms with Gasteiger partial charge >= 0.3 is 12.0 Å². The van der Waals surface area contributed by atoms with E-state index in [2.05, 4.69) is 10.6 Å². The van der Waals surface area contributed by atoms with Crippen molar-refractivity contribution in [2.24, 2.45) is 5.41 Å². The number of hydrogen-bond donors (Lipinski definition) is 2. The Bertz CT molecular complexity index is 1270. The van der Waals surface area contributed by atoms with Gasteiger partial charge in [0, 0.05) is 16.9 Å². The Balaban J connectivity index is 2.08. The summed E-state index contributed by atoms with van der Waals surface area (Å²) in [6.07, 6.45) is 0. The number of imide groups is 2. The van der Waals surface area contributed by atoms with E-state index in [9.17, 15) is 27.6 Å². The van der Waals surface area contributed by atoms with E-state index in [1.54, 1.807) is 24.3 Å². The van der Waals surface area contributed by atoms with Crippen molar-refractivity contribution in [3.05, 3.63) is 70.2 Å². The third kappa shape index (κ3) is 3.67. The lowest BCUT2D eigenvalue weighted by atomic mass is 9.59. The fourth-order valence-corrected chi connectivity index (χ4v) is 7.37. The first kappa shape index (κ1) is 23.9. The summed E-state index contributed by atoms with van der Waals surface area (Å²) in [6, 6.07) is 11.5. The molecule has 0 aromatic heterocycles. The second kappa shape index (κ2) is 8.52. The average molecular weight is 505 g/mol.